The molecule has 1 aromatic carbocycles. The highest BCUT2D eigenvalue weighted by Crippen LogP contribution is 2.31. The van der Waals surface area contributed by atoms with Crippen molar-refractivity contribution in [2.45, 2.75) is 26.0 Å². The third kappa shape index (κ3) is 4.83. The van der Waals surface area contributed by atoms with Gasteiger partial charge in [0.1, 0.15) is 18.6 Å². The summed E-state index contributed by atoms with van der Waals surface area (Å²) in [6, 6.07) is 7.01. The lowest BCUT2D eigenvalue weighted by molar-refractivity contribution is -0.389. The third-order valence-corrected chi connectivity index (χ3v) is 5.50. The van der Waals surface area contributed by atoms with Crippen molar-refractivity contribution in [3.63, 3.8) is 0 Å². The predicted molar refractivity (Wildman–Crippen MR) is 114 cm³/mol. The fourth-order valence-corrected chi connectivity index (χ4v) is 3.78. The van der Waals surface area contributed by atoms with E-state index in [0.717, 1.165) is 0 Å². The minimum Gasteiger partial charge on any atom is -0.489 e. The van der Waals surface area contributed by atoms with Crippen LogP contribution in [0.15, 0.2) is 30.5 Å². The molecule has 2 amide bonds. The maximum Gasteiger partial charge on any atom is 0.415 e. The molecule has 3 heterocycles. The zero-order chi connectivity index (χ0) is 23.6. The van der Waals surface area contributed by atoms with E-state index in [-0.39, 0.29) is 30.4 Å². The van der Waals surface area contributed by atoms with Crippen LogP contribution < -0.4 is 9.47 Å². The summed E-state index contributed by atoms with van der Waals surface area (Å²) in [7, 11) is 0. The number of nitrogens with zero attached hydrogens (tertiary/aromatic N) is 5. The highest BCUT2D eigenvalue weighted by molar-refractivity contribution is 5.94. The van der Waals surface area contributed by atoms with E-state index in [9.17, 15) is 19.7 Å². The zero-order valence-electron chi connectivity index (χ0n) is 18.4. The number of benzene rings is 1. The molecule has 1 atom stereocenters. The van der Waals surface area contributed by atoms with Crippen molar-refractivity contribution in [2.75, 3.05) is 39.4 Å². The second-order valence-electron chi connectivity index (χ2n) is 8.11. The van der Waals surface area contributed by atoms with Gasteiger partial charge < -0.3 is 34.1 Å². The van der Waals surface area contributed by atoms with E-state index in [1.165, 1.54) is 6.20 Å². The molecular formula is C21H25N5O7. The number of carbonyl (C=O) groups excluding carboxylic acids is 2. The maximum atomic E-state index is 12.8. The van der Waals surface area contributed by atoms with Gasteiger partial charge in [-0.05, 0) is 43.0 Å². The number of ether oxygens (including phenoxy) is 3. The number of hydrogen-bond acceptors (Lipinski definition) is 8. The normalized spacial score (nSPS) is 19.6. The summed E-state index contributed by atoms with van der Waals surface area (Å²) < 4.78 is 18.2. The van der Waals surface area contributed by atoms with Gasteiger partial charge in [-0.3, -0.25) is 9.36 Å². The minimum atomic E-state index is -0.718. The number of carbonyl (C=O) groups is 2. The van der Waals surface area contributed by atoms with Gasteiger partial charge >= 0.3 is 17.9 Å². The van der Waals surface area contributed by atoms with Crippen LogP contribution in [0.25, 0.3) is 0 Å². The van der Waals surface area contributed by atoms with Gasteiger partial charge in [0.25, 0.3) is 5.91 Å². The monoisotopic (exact) mass is 459 g/mol. The van der Waals surface area contributed by atoms with Crippen LogP contribution in [0.3, 0.4) is 0 Å². The van der Waals surface area contributed by atoms with Gasteiger partial charge in [-0.1, -0.05) is 0 Å². The van der Waals surface area contributed by atoms with Gasteiger partial charge in [0.15, 0.2) is 5.60 Å². The average molecular weight is 459 g/mol. The molecule has 0 saturated carbocycles. The zero-order valence-corrected chi connectivity index (χ0v) is 18.4. The van der Waals surface area contributed by atoms with Crippen LogP contribution in [0, 0.1) is 10.1 Å². The molecular weight excluding hydrogens is 434 g/mol. The molecule has 12 heteroatoms. The molecule has 0 radical (unpaired) electrons. The van der Waals surface area contributed by atoms with Gasteiger partial charge in [0.2, 0.25) is 0 Å². The Labute approximate surface area is 189 Å². The fourth-order valence-electron chi connectivity index (χ4n) is 3.78. The van der Waals surface area contributed by atoms with E-state index in [0.29, 0.717) is 50.6 Å². The van der Waals surface area contributed by atoms with Gasteiger partial charge in [-0.15, -0.1) is 0 Å². The van der Waals surface area contributed by atoms with Crippen molar-refractivity contribution in [3.05, 3.63) is 46.1 Å². The number of amides is 2. The Morgan fingerprint density at radius 2 is 1.85 bits per heavy atom. The molecule has 1 fully saturated rings. The average Bonchev–Trinajstić information content (AvgIpc) is 3.33. The third-order valence-electron chi connectivity index (χ3n) is 5.50. The lowest BCUT2D eigenvalue weighted by Crippen LogP contribution is -2.50. The summed E-state index contributed by atoms with van der Waals surface area (Å²) in [5.41, 5.74) is -0.187. The maximum absolute atomic E-state index is 12.8. The Kier molecular flexibility index (Phi) is 6.07. The van der Waals surface area contributed by atoms with Crippen LogP contribution >= 0.6 is 0 Å². The molecule has 1 aromatic heterocycles. The van der Waals surface area contributed by atoms with Crippen molar-refractivity contribution in [1.29, 1.82) is 0 Å². The predicted octanol–water partition coefficient (Wildman–Crippen LogP) is 1.94. The lowest BCUT2D eigenvalue weighted by atomic mass is 10.1. The van der Waals surface area contributed by atoms with Crippen molar-refractivity contribution in [3.8, 4) is 11.8 Å². The quantitative estimate of drug-likeness (QED) is 0.473. The van der Waals surface area contributed by atoms with Gasteiger partial charge in [-0.25, -0.2) is 4.79 Å². The minimum absolute atomic E-state index is 0.108. The first-order chi connectivity index (χ1) is 15.8. The molecule has 0 unspecified atom stereocenters. The summed E-state index contributed by atoms with van der Waals surface area (Å²) in [5.74, 6) is 0.206. The van der Waals surface area contributed by atoms with E-state index >= 15 is 0 Å². The molecule has 12 nitrogen and oxygen atoms in total. The van der Waals surface area contributed by atoms with E-state index < -0.39 is 10.5 Å². The second-order valence-corrected chi connectivity index (χ2v) is 8.11. The standard InChI is InChI=1S/C21H25N5O7/c1-3-31-20(28)24-10-8-23(9-11-24)18(27)15-4-6-16(7-5-15)32-14-21(2)13-25-12-17(26(29)30)22-19(25)33-21/h4-7,12H,3,8-11,13-14H2,1-2H3/t21-/m1/s1. The Morgan fingerprint density at radius 3 is 2.45 bits per heavy atom. The Bertz CT molecular complexity index is 1020. The molecule has 4 rings (SSSR count). The SMILES string of the molecule is CCOC(=O)N1CCN(C(=O)c2ccc(OC[C@@]3(C)Cn4cc([N+](=O)[O-])nc4O3)cc2)CC1. The molecule has 0 bridgehead atoms. The molecule has 2 aliphatic rings. The summed E-state index contributed by atoms with van der Waals surface area (Å²) >= 11 is 0. The second kappa shape index (κ2) is 8.96. The van der Waals surface area contributed by atoms with Crippen LogP contribution in [0.1, 0.15) is 24.2 Å². The number of nitro groups is 1. The van der Waals surface area contributed by atoms with Crippen LogP contribution in [0.5, 0.6) is 11.8 Å². The van der Waals surface area contributed by atoms with Crippen molar-refractivity contribution in [2.24, 2.45) is 0 Å². The number of imidazole rings is 1. The molecule has 176 valence electrons. The van der Waals surface area contributed by atoms with E-state index in [1.54, 1.807) is 45.6 Å². The number of hydrogen-bond donors (Lipinski definition) is 0. The van der Waals surface area contributed by atoms with Gasteiger partial charge in [0.05, 0.1) is 13.2 Å². The first kappa shape index (κ1) is 22.4. The highest BCUT2D eigenvalue weighted by Gasteiger charge is 2.41. The van der Waals surface area contributed by atoms with Crippen LogP contribution in [0.4, 0.5) is 10.6 Å². The molecule has 0 aliphatic carbocycles. The van der Waals surface area contributed by atoms with Crippen molar-refractivity contribution in [1.82, 2.24) is 19.4 Å². The summed E-state index contributed by atoms with van der Waals surface area (Å²) in [6.07, 6.45) is 0.987. The smallest absolute Gasteiger partial charge is 0.415 e. The van der Waals surface area contributed by atoms with E-state index in [2.05, 4.69) is 4.98 Å². The lowest BCUT2D eigenvalue weighted by Gasteiger charge is -2.34. The molecule has 1 saturated heterocycles. The van der Waals surface area contributed by atoms with E-state index in [1.807, 2.05) is 6.92 Å². The number of fused-ring (bicyclic) bond motifs is 1. The topological polar surface area (TPSA) is 129 Å². The number of piperazine rings is 1. The summed E-state index contributed by atoms with van der Waals surface area (Å²) in [4.78, 5) is 42.0. The highest BCUT2D eigenvalue weighted by atomic mass is 16.6. The molecule has 0 spiro atoms. The molecule has 2 aliphatic heterocycles. The Morgan fingerprint density at radius 1 is 1.18 bits per heavy atom. The summed E-state index contributed by atoms with van der Waals surface area (Å²) in [6.45, 7) is 6.25. The molecule has 2 aromatic rings. The Hall–Kier alpha value is -3.83. The largest absolute Gasteiger partial charge is 0.489 e. The first-order valence-corrected chi connectivity index (χ1v) is 10.6. The van der Waals surface area contributed by atoms with E-state index in [4.69, 9.17) is 14.2 Å². The van der Waals surface area contributed by atoms with Crippen molar-refractivity contribution >= 4 is 17.8 Å². The number of aromatic nitrogens is 2. The van der Waals surface area contributed by atoms with Crippen molar-refractivity contribution < 1.29 is 28.7 Å². The first-order valence-electron chi connectivity index (χ1n) is 10.6. The number of rotatable bonds is 6. The van der Waals surface area contributed by atoms with Crippen LogP contribution in [0.2, 0.25) is 0 Å². The molecule has 0 N–H and O–H groups in total. The van der Waals surface area contributed by atoms with Crippen LogP contribution in [-0.4, -0.2) is 81.3 Å². The molecule has 33 heavy (non-hydrogen) atoms. The van der Waals surface area contributed by atoms with Gasteiger partial charge in [-0.2, -0.15) is 0 Å². The fraction of sp³-hybridized carbons (Fsp3) is 0.476. The van der Waals surface area contributed by atoms with Crippen LogP contribution in [-0.2, 0) is 11.3 Å². The van der Waals surface area contributed by atoms with Gasteiger partial charge in [0, 0.05) is 36.7 Å². The Balaban J connectivity index is 1.28. The summed E-state index contributed by atoms with van der Waals surface area (Å²) in [5, 5.41) is 10.8.